The van der Waals surface area contributed by atoms with Crippen molar-refractivity contribution in [2.45, 2.75) is 468 Å². The van der Waals surface area contributed by atoms with Gasteiger partial charge >= 0.3 is 5.97 Å². The Bertz CT molecular complexity index is 1750. The summed E-state index contributed by atoms with van der Waals surface area (Å²) in [7, 11) is 0. The summed E-state index contributed by atoms with van der Waals surface area (Å²) in [4.78, 5) is 25.2. The summed E-state index contributed by atoms with van der Waals surface area (Å²) in [5.74, 6) is -0.170. The maximum absolute atomic E-state index is 13.1. The summed E-state index contributed by atoms with van der Waals surface area (Å²) in [6.07, 6.45) is 90.5. The number of carbonyl (C=O) groups excluding carboxylic acids is 2. The van der Waals surface area contributed by atoms with Crippen LogP contribution in [0.15, 0.2) is 48.6 Å². The Kier molecular flexibility index (Phi) is 71.4. The van der Waals surface area contributed by atoms with E-state index in [-0.39, 0.29) is 18.5 Å². The predicted molar refractivity (Wildman–Crippen MR) is 412 cm³/mol. The van der Waals surface area contributed by atoms with Crippen LogP contribution in [0.4, 0.5) is 0 Å². The van der Waals surface area contributed by atoms with Crippen molar-refractivity contribution in [1.82, 2.24) is 5.32 Å². The number of amides is 1. The van der Waals surface area contributed by atoms with E-state index in [2.05, 4.69) is 55.6 Å². The number of unbranched alkanes of at least 4 members (excludes halogenated alkanes) is 56. The van der Waals surface area contributed by atoms with Gasteiger partial charge in [0.05, 0.1) is 32.0 Å². The third-order valence-corrected chi connectivity index (χ3v) is 20.1. The Morgan fingerprint density at radius 3 is 1.06 bits per heavy atom. The lowest BCUT2D eigenvalue weighted by atomic mass is 9.99. The molecule has 11 nitrogen and oxygen atoms in total. The van der Waals surface area contributed by atoms with Gasteiger partial charge in [-0.05, 0) is 77.0 Å². The molecule has 0 bridgehead atoms. The van der Waals surface area contributed by atoms with E-state index in [1.807, 2.05) is 6.08 Å². The fourth-order valence-electron chi connectivity index (χ4n) is 13.5. The normalized spacial score (nSPS) is 17.5. The quantitative estimate of drug-likeness (QED) is 0.0195. The van der Waals surface area contributed by atoms with E-state index < -0.39 is 49.5 Å². The summed E-state index contributed by atoms with van der Waals surface area (Å²) >= 11 is 0. The van der Waals surface area contributed by atoms with Crippen LogP contribution in [0, 0.1) is 0 Å². The van der Waals surface area contributed by atoms with E-state index in [1.165, 1.54) is 327 Å². The Morgan fingerprint density at radius 1 is 0.371 bits per heavy atom. The molecule has 570 valence electrons. The zero-order chi connectivity index (χ0) is 70.1. The van der Waals surface area contributed by atoms with Crippen molar-refractivity contribution in [3.63, 3.8) is 0 Å². The number of carbonyl (C=O) groups is 2. The summed E-state index contributed by atoms with van der Waals surface area (Å²) in [6.45, 7) is 4.31. The van der Waals surface area contributed by atoms with Gasteiger partial charge in [0.25, 0.3) is 0 Å². The summed E-state index contributed by atoms with van der Waals surface area (Å²) in [5, 5.41) is 54.4. The van der Waals surface area contributed by atoms with Crippen LogP contribution in [0.1, 0.15) is 425 Å². The van der Waals surface area contributed by atoms with Gasteiger partial charge in [-0.25, -0.2) is 0 Å². The molecule has 1 heterocycles. The van der Waals surface area contributed by atoms with E-state index in [0.717, 1.165) is 70.6 Å². The number of allylic oxidation sites excluding steroid dienone is 7. The molecular weight excluding hydrogens is 1210 g/mol. The highest BCUT2D eigenvalue weighted by molar-refractivity contribution is 5.76. The van der Waals surface area contributed by atoms with E-state index in [1.54, 1.807) is 6.08 Å². The molecule has 1 aliphatic rings. The molecular formula is C86H161NO10. The predicted octanol–water partition coefficient (Wildman–Crippen LogP) is 23.4. The molecule has 0 aliphatic carbocycles. The topological polar surface area (TPSA) is 175 Å². The second kappa shape index (κ2) is 74.8. The molecule has 0 aromatic carbocycles. The molecule has 0 spiro atoms. The van der Waals surface area contributed by atoms with Gasteiger partial charge in [-0.3, -0.25) is 9.59 Å². The van der Waals surface area contributed by atoms with Gasteiger partial charge < -0.3 is 45.1 Å². The van der Waals surface area contributed by atoms with E-state index >= 15 is 0 Å². The third-order valence-electron chi connectivity index (χ3n) is 20.1. The number of nitrogens with one attached hydrogen (secondary N) is 1. The van der Waals surface area contributed by atoms with Crippen LogP contribution in [0.2, 0.25) is 0 Å². The van der Waals surface area contributed by atoms with Crippen LogP contribution in [-0.2, 0) is 23.8 Å². The molecule has 1 fully saturated rings. The largest absolute Gasteiger partial charge is 0.466 e. The number of ether oxygens (including phenoxy) is 3. The van der Waals surface area contributed by atoms with Crippen molar-refractivity contribution in [2.24, 2.45) is 0 Å². The zero-order valence-corrected chi connectivity index (χ0v) is 63.8. The zero-order valence-electron chi connectivity index (χ0n) is 63.8. The van der Waals surface area contributed by atoms with Crippen molar-refractivity contribution in [2.75, 3.05) is 19.8 Å². The number of rotatable bonds is 76. The van der Waals surface area contributed by atoms with Crippen LogP contribution < -0.4 is 5.32 Å². The van der Waals surface area contributed by atoms with E-state index in [9.17, 15) is 35.1 Å². The van der Waals surface area contributed by atoms with Crippen molar-refractivity contribution >= 4 is 11.9 Å². The molecule has 11 heteroatoms. The molecule has 6 N–H and O–H groups in total. The Morgan fingerprint density at radius 2 is 0.691 bits per heavy atom. The van der Waals surface area contributed by atoms with Gasteiger partial charge in [0.1, 0.15) is 24.4 Å². The lowest BCUT2D eigenvalue weighted by molar-refractivity contribution is -0.302. The van der Waals surface area contributed by atoms with Crippen LogP contribution in [0.5, 0.6) is 0 Å². The molecule has 0 aromatic heterocycles. The molecule has 1 rings (SSSR count). The molecule has 1 aliphatic heterocycles. The SMILES string of the molecule is CCC/C=C/CC/C=C/CC/C=C/C(O)C(COC1OC(CO)C(O)C(O)C1O)NC(=O)CCCCCCCCCCCCCCCCCCC/C=C\CCCCCCCCCCCCCCCCCCCCOC(=O)CCCCCCCCCCCCCCCCCCCCC. The first kappa shape index (κ1) is 92.6. The van der Waals surface area contributed by atoms with Gasteiger partial charge in [0.15, 0.2) is 6.29 Å². The molecule has 0 aromatic rings. The molecule has 0 saturated carbocycles. The maximum Gasteiger partial charge on any atom is 0.305 e. The van der Waals surface area contributed by atoms with Crippen LogP contribution in [-0.4, -0.2) is 100 Å². The first-order valence-corrected chi connectivity index (χ1v) is 42.4. The molecule has 7 unspecified atom stereocenters. The number of aliphatic hydroxyl groups excluding tert-OH is 5. The Hall–Kier alpha value is -2.38. The van der Waals surface area contributed by atoms with Crippen molar-refractivity contribution in [3.8, 4) is 0 Å². The fraction of sp³-hybridized carbons (Fsp3) is 0.884. The molecule has 0 radical (unpaired) electrons. The smallest absolute Gasteiger partial charge is 0.305 e. The van der Waals surface area contributed by atoms with Crippen molar-refractivity contribution in [3.05, 3.63) is 48.6 Å². The highest BCUT2D eigenvalue weighted by Gasteiger charge is 2.44. The lowest BCUT2D eigenvalue weighted by Gasteiger charge is -2.40. The lowest BCUT2D eigenvalue weighted by Crippen LogP contribution is -2.60. The van der Waals surface area contributed by atoms with Gasteiger partial charge in [-0.2, -0.15) is 0 Å². The van der Waals surface area contributed by atoms with Crippen molar-refractivity contribution in [1.29, 1.82) is 0 Å². The minimum Gasteiger partial charge on any atom is -0.466 e. The number of aliphatic hydroxyl groups is 5. The second-order valence-electron chi connectivity index (χ2n) is 29.5. The highest BCUT2D eigenvalue weighted by atomic mass is 16.7. The summed E-state index contributed by atoms with van der Waals surface area (Å²) in [6, 6.07) is -0.831. The number of esters is 1. The monoisotopic (exact) mass is 1370 g/mol. The average Bonchev–Trinajstić information content (AvgIpc) is 0.869. The number of hydrogen-bond donors (Lipinski definition) is 6. The van der Waals surface area contributed by atoms with Gasteiger partial charge in [0, 0.05) is 12.8 Å². The first-order valence-electron chi connectivity index (χ1n) is 42.4. The van der Waals surface area contributed by atoms with Gasteiger partial charge in [0.2, 0.25) is 5.91 Å². The first-order chi connectivity index (χ1) is 47.7. The number of hydrogen-bond acceptors (Lipinski definition) is 10. The third kappa shape index (κ3) is 63.1. The molecule has 97 heavy (non-hydrogen) atoms. The standard InChI is InChI=1S/C86H161NO10/c1-3-5-7-9-11-13-15-16-17-18-40-44-47-50-54-58-62-66-70-74-82(91)95-75-71-67-63-59-55-51-48-45-42-39-37-35-33-31-29-27-25-23-21-19-20-22-24-26-28-30-32-34-36-38-41-43-46-49-53-57-61-65-69-73-81(90)87-78(77-96-86-85(94)84(93)83(92)80(76-88)97-86)79(89)72-68-64-60-56-52-14-12-10-8-6-4-2/h8,10,19-20,52,56,68,72,78-80,83-86,88-89,92-94H,3-7,9,11-18,21-51,53-55,57-67,69-71,73-77H2,1-2H3,(H,87,90)/b10-8+,20-19-,56-52+,72-68+. The minimum absolute atomic E-state index is 0.0220. The maximum atomic E-state index is 13.1. The van der Waals surface area contributed by atoms with Crippen LogP contribution in [0.25, 0.3) is 0 Å². The van der Waals surface area contributed by atoms with Gasteiger partial charge in [-0.15, -0.1) is 0 Å². The van der Waals surface area contributed by atoms with Crippen LogP contribution in [0.3, 0.4) is 0 Å². The average molecular weight is 1370 g/mol. The van der Waals surface area contributed by atoms with E-state index in [4.69, 9.17) is 14.2 Å². The molecule has 1 saturated heterocycles. The van der Waals surface area contributed by atoms with Crippen molar-refractivity contribution < 1.29 is 49.3 Å². The molecule has 7 atom stereocenters. The summed E-state index contributed by atoms with van der Waals surface area (Å²) in [5.41, 5.74) is 0. The summed E-state index contributed by atoms with van der Waals surface area (Å²) < 4.78 is 16.8. The molecule has 1 amide bonds. The Labute approximate surface area is 599 Å². The second-order valence-corrected chi connectivity index (χ2v) is 29.5. The van der Waals surface area contributed by atoms with E-state index in [0.29, 0.717) is 19.4 Å². The minimum atomic E-state index is -1.58. The van der Waals surface area contributed by atoms with Gasteiger partial charge in [-0.1, -0.05) is 383 Å². The Balaban J connectivity index is 1.85. The fourth-order valence-corrected chi connectivity index (χ4v) is 13.5. The van der Waals surface area contributed by atoms with Crippen LogP contribution >= 0.6 is 0 Å². The highest BCUT2D eigenvalue weighted by Crippen LogP contribution is 2.24.